The van der Waals surface area contributed by atoms with E-state index in [9.17, 15) is 14.4 Å². The van der Waals surface area contributed by atoms with Gasteiger partial charge in [0.2, 0.25) is 23.8 Å². The SMILES string of the molecule is COc1cc(C2OC(c3cc(OC(C)=O)ccc3OC(C)=O)=NN2C(C)=O)cc(OC)c1OC. The number of esters is 2. The third-order valence-electron chi connectivity index (χ3n) is 4.64. The minimum atomic E-state index is -0.997. The number of rotatable bonds is 7. The van der Waals surface area contributed by atoms with Gasteiger partial charge in [0.05, 0.1) is 26.9 Å². The molecule has 1 amide bonds. The van der Waals surface area contributed by atoms with E-state index in [-0.39, 0.29) is 23.0 Å². The van der Waals surface area contributed by atoms with E-state index in [0.29, 0.717) is 22.8 Å². The van der Waals surface area contributed by atoms with Crippen molar-refractivity contribution in [3.63, 3.8) is 0 Å². The van der Waals surface area contributed by atoms with Crippen LogP contribution in [0.1, 0.15) is 38.1 Å². The molecule has 2 aromatic rings. The zero-order valence-electron chi connectivity index (χ0n) is 19.5. The molecule has 2 aromatic carbocycles. The number of carbonyl (C=O) groups excluding carboxylic acids is 3. The number of benzene rings is 2. The molecule has 0 bridgehead atoms. The Hall–Kier alpha value is -4.28. The lowest BCUT2D eigenvalue weighted by molar-refractivity contribution is -0.135. The summed E-state index contributed by atoms with van der Waals surface area (Å²) in [6.45, 7) is 3.81. The zero-order chi connectivity index (χ0) is 25.0. The van der Waals surface area contributed by atoms with Crippen LogP contribution in [0.15, 0.2) is 35.4 Å². The number of hydrogen-bond acceptors (Lipinski definition) is 10. The van der Waals surface area contributed by atoms with Crippen molar-refractivity contribution < 1.29 is 42.8 Å². The largest absolute Gasteiger partial charge is 0.493 e. The van der Waals surface area contributed by atoms with E-state index in [1.807, 2.05) is 0 Å². The van der Waals surface area contributed by atoms with Crippen LogP contribution in [0.25, 0.3) is 0 Å². The third-order valence-corrected chi connectivity index (χ3v) is 4.64. The predicted octanol–water partition coefficient (Wildman–Crippen LogP) is 2.80. The fourth-order valence-corrected chi connectivity index (χ4v) is 3.29. The monoisotopic (exact) mass is 472 g/mol. The quantitative estimate of drug-likeness (QED) is 0.442. The molecule has 1 heterocycles. The first-order valence-electron chi connectivity index (χ1n) is 10.0. The highest BCUT2D eigenvalue weighted by atomic mass is 16.6. The molecular formula is C23H24N2O9. The van der Waals surface area contributed by atoms with Gasteiger partial charge in [0.1, 0.15) is 11.5 Å². The Morgan fingerprint density at radius 1 is 0.853 bits per heavy atom. The number of hydrogen-bond donors (Lipinski definition) is 0. The summed E-state index contributed by atoms with van der Waals surface area (Å²) in [5, 5.41) is 5.41. The van der Waals surface area contributed by atoms with E-state index in [0.717, 1.165) is 5.01 Å². The van der Waals surface area contributed by atoms with E-state index in [2.05, 4.69) is 5.10 Å². The summed E-state index contributed by atoms with van der Waals surface area (Å²) in [7, 11) is 4.40. The maximum atomic E-state index is 12.4. The second-order valence-electron chi connectivity index (χ2n) is 7.04. The second-order valence-corrected chi connectivity index (χ2v) is 7.04. The summed E-state index contributed by atoms with van der Waals surface area (Å²) in [4.78, 5) is 35.4. The average molecular weight is 472 g/mol. The van der Waals surface area contributed by atoms with Crippen LogP contribution in [-0.4, -0.2) is 50.1 Å². The highest BCUT2D eigenvalue weighted by Crippen LogP contribution is 2.43. The first-order chi connectivity index (χ1) is 16.2. The van der Waals surface area contributed by atoms with Crippen molar-refractivity contribution >= 4 is 23.7 Å². The zero-order valence-corrected chi connectivity index (χ0v) is 19.5. The van der Waals surface area contributed by atoms with Crippen molar-refractivity contribution in [3.8, 4) is 28.7 Å². The van der Waals surface area contributed by atoms with Gasteiger partial charge in [0.25, 0.3) is 0 Å². The standard InChI is InChI=1S/C23H24N2O9/c1-12(26)25-23(15-9-19(29-4)21(31-6)20(10-15)30-5)34-22(24-25)17-11-16(32-13(2)27)7-8-18(17)33-14(3)28/h7-11,23H,1-6H3. The third kappa shape index (κ3) is 5.03. The molecule has 11 nitrogen and oxygen atoms in total. The minimum absolute atomic E-state index is 0.0285. The Morgan fingerprint density at radius 3 is 1.97 bits per heavy atom. The molecule has 0 spiro atoms. The van der Waals surface area contributed by atoms with Crippen LogP contribution in [0.3, 0.4) is 0 Å². The summed E-state index contributed by atoms with van der Waals surface area (Å²) in [5.41, 5.74) is 0.684. The van der Waals surface area contributed by atoms with Gasteiger partial charge in [-0.05, 0) is 30.3 Å². The van der Waals surface area contributed by atoms with Crippen molar-refractivity contribution in [2.24, 2.45) is 5.10 Å². The topological polar surface area (TPSA) is 122 Å². The van der Waals surface area contributed by atoms with E-state index in [1.165, 1.54) is 60.3 Å². The number of hydrazone groups is 1. The van der Waals surface area contributed by atoms with Crippen molar-refractivity contribution in [2.75, 3.05) is 21.3 Å². The van der Waals surface area contributed by atoms with Crippen LogP contribution in [0, 0.1) is 0 Å². The van der Waals surface area contributed by atoms with Gasteiger partial charge in [-0.3, -0.25) is 14.4 Å². The highest BCUT2D eigenvalue weighted by Gasteiger charge is 2.36. The Labute approximate surface area is 195 Å². The van der Waals surface area contributed by atoms with Crippen LogP contribution in [0.4, 0.5) is 0 Å². The molecule has 0 saturated heterocycles. The van der Waals surface area contributed by atoms with Crippen LogP contribution in [0.2, 0.25) is 0 Å². The van der Waals surface area contributed by atoms with Crippen molar-refractivity contribution in [3.05, 3.63) is 41.5 Å². The predicted molar refractivity (Wildman–Crippen MR) is 118 cm³/mol. The smallest absolute Gasteiger partial charge is 0.308 e. The van der Waals surface area contributed by atoms with Crippen molar-refractivity contribution in [1.82, 2.24) is 5.01 Å². The van der Waals surface area contributed by atoms with Gasteiger partial charge < -0.3 is 28.4 Å². The van der Waals surface area contributed by atoms with Gasteiger partial charge >= 0.3 is 11.9 Å². The van der Waals surface area contributed by atoms with Gasteiger partial charge in [-0.15, -0.1) is 5.10 Å². The van der Waals surface area contributed by atoms with E-state index >= 15 is 0 Å². The summed E-state index contributed by atoms with van der Waals surface area (Å²) >= 11 is 0. The normalized spacial score (nSPS) is 14.6. The molecule has 180 valence electrons. The van der Waals surface area contributed by atoms with E-state index < -0.39 is 24.1 Å². The van der Waals surface area contributed by atoms with Crippen LogP contribution >= 0.6 is 0 Å². The maximum Gasteiger partial charge on any atom is 0.308 e. The molecule has 1 atom stereocenters. The Kier molecular flexibility index (Phi) is 7.24. The lowest BCUT2D eigenvalue weighted by atomic mass is 10.1. The summed E-state index contributed by atoms with van der Waals surface area (Å²) in [6.07, 6.45) is -0.997. The van der Waals surface area contributed by atoms with Crippen LogP contribution < -0.4 is 23.7 Å². The number of ether oxygens (including phenoxy) is 6. The highest BCUT2D eigenvalue weighted by molar-refractivity contribution is 6.00. The molecule has 0 aromatic heterocycles. The van der Waals surface area contributed by atoms with Crippen LogP contribution in [-0.2, 0) is 19.1 Å². The van der Waals surface area contributed by atoms with Gasteiger partial charge in [-0.1, -0.05) is 0 Å². The molecule has 0 N–H and O–H groups in total. The Morgan fingerprint density at radius 2 is 1.47 bits per heavy atom. The number of amides is 1. The maximum absolute atomic E-state index is 12.4. The van der Waals surface area contributed by atoms with Crippen molar-refractivity contribution in [1.29, 1.82) is 0 Å². The molecule has 34 heavy (non-hydrogen) atoms. The second kappa shape index (κ2) is 10.1. The fraction of sp³-hybridized carbons (Fsp3) is 0.304. The molecule has 0 fully saturated rings. The van der Waals surface area contributed by atoms with Gasteiger partial charge in [-0.2, -0.15) is 5.01 Å². The molecule has 1 unspecified atom stereocenters. The molecule has 1 aliphatic heterocycles. The van der Waals surface area contributed by atoms with Gasteiger partial charge in [-0.25, -0.2) is 0 Å². The summed E-state index contributed by atoms with van der Waals surface area (Å²) in [6, 6.07) is 7.57. The first-order valence-corrected chi connectivity index (χ1v) is 10.0. The number of nitrogens with zero attached hydrogens (tertiary/aromatic N) is 2. The molecule has 11 heteroatoms. The minimum Gasteiger partial charge on any atom is -0.493 e. The molecule has 0 radical (unpaired) electrons. The first kappa shape index (κ1) is 24.4. The molecule has 3 rings (SSSR count). The molecule has 0 saturated carbocycles. The number of carbonyl (C=O) groups is 3. The molecular weight excluding hydrogens is 448 g/mol. The molecule has 0 aliphatic carbocycles. The lowest BCUT2D eigenvalue weighted by Crippen LogP contribution is -2.25. The van der Waals surface area contributed by atoms with E-state index in [4.69, 9.17) is 28.4 Å². The van der Waals surface area contributed by atoms with Gasteiger partial charge in [0, 0.05) is 26.3 Å². The van der Waals surface area contributed by atoms with E-state index in [1.54, 1.807) is 12.1 Å². The van der Waals surface area contributed by atoms with Gasteiger partial charge in [0.15, 0.2) is 11.5 Å². The summed E-state index contributed by atoms with van der Waals surface area (Å²) < 4.78 is 32.6. The number of methoxy groups -OCH3 is 3. The Bertz CT molecular complexity index is 1130. The lowest BCUT2D eigenvalue weighted by Gasteiger charge is -2.21. The summed E-state index contributed by atoms with van der Waals surface area (Å²) in [5.74, 6) is -0.200. The Balaban J connectivity index is 2.09. The fourth-order valence-electron chi connectivity index (χ4n) is 3.29. The van der Waals surface area contributed by atoms with Crippen LogP contribution in [0.5, 0.6) is 28.7 Å². The molecule has 1 aliphatic rings. The average Bonchev–Trinajstić information content (AvgIpc) is 3.24. The van der Waals surface area contributed by atoms with Crippen molar-refractivity contribution in [2.45, 2.75) is 27.0 Å².